The maximum Gasteiger partial charge on any atom is 0.133 e. The van der Waals surface area contributed by atoms with Gasteiger partial charge in [-0.25, -0.2) is 0 Å². The standard InChI is InChI=1S/C29H40O2/c1-20(30)24-11-12-25-23-10-9-22-19-29(31,16-13-21-7-5-4-6-8-21)18-17-27(22,2)26(23)14-15-28(24,25)3/h4-8,13,16,22-26,31H,9-12,14-15,17-19H2,1-3H3/t22?,23-,24+,25-,26-,27-,28+,29?/m0/s1. The van der Waals surface area contributed by atoms with E-state index in [1.54, 1.807) is 0 Å². The molecule has 1 N–H and O–H groups in total. The van der Waals surface area contributed by atoms with Gasteiger partial charge in [0.2, 0.25) is 0 Å². The molecule has 0 aromatic heterocycles. The van der Waals surface area contributed by atoms with Gasteiger partial charge >= 0.3 is 0 Å². The number of rotatable bonds is 3. The molecule has 0 bridgehead atoms. The van der Waals surface area contributed by atoms with Gasteiger partial charge in [0.1, 0.15) is 5.78 Å². The van der Waals surface area contributed by atoms with E-state index in [0.29, 0.717) is 23.0 Å². The first-order valence-electron chi connectivity index (χ1n) is 12.7. The number of carbonyl (C=O) groups excluding carboxylic acids is 1. The van der Waals surface area contributed by atoms with Crippen molar-refractivity contribution in [2.75, 3.05) is 0 Å². The quantitative estimate of drug-likeness (QED) is 0.592. The fraction of sp³-hybridized carbons (Fsp3) is 0.690. The highest BCUT2D eigenvalue weighted by atomic mass is 16.3. The van der Waals surface area contributed by atoms with Crippen LogP contribution in [0.25, 0.3) is 6.08 Å². The van der Waals surface area contributed by atoms with E-state index >= 15 is 0 Å². The number of carbonyl (C=O) groups is 1. The van der Waals surface area contributed by atoms with Crippen molar-refractivity contribution in [1.82, 2.24) is 0 Å². The van der Waals surface area contributed by atoms with E-state index in [2.05, 4.69) is 50.3 Å². The smallest absolute Gasteiger partial charge is 0.133 e. The Kier molecular flexibility index (Phi) is 5.24. The minimum atomic E-state index is -0.664. The van der Waals surface area contributed by atoms with Crippen molar-refractivity contribution >= 4 is 11.9 Å². The minimum absolute atomic E-state index is 0.240. The van der Waals surface area contributed by atoms with E-state index in [1.807, 2.05) is 13.0 Å². The van der Waals surface area contributed by atoms with Crippen molar-refractivity contribution in [3.05, 3.63) is 42.0 Å². The summed E-state index contributed by atoms with van der Waals surface area (Å²) < 4.78 is 0. The molecular weight excluding hydrogens is 380 g/mol. The van der Waals surface area contributed by atoms with Crippen LogP contribution in [0.5, 0.6) is 0 Å². The van der Waals surface area contributed by atoms with E-state index in [9.17, 15) is 9.90 Å². The van der Waals surface area contributed by atoms with E-state index in [-0.39, 0.29) is 5.41 Å². The van der Waals surface area contributed by atoms with Crippen LogP contribution >= 0.6 is 0 Å². The minimum Gasteiger partial charge on any atom is -0.386 e. The molecule has 4 saturated carbocycles. The lowest BCUT2D eigenvalue weighted by Crippen LogP contribution is -2.55. The lowest BCUT2D eigenvalue weighted by molar-refractivity contribution is -0.145. The van der Waals surface area contributed by atoms with Crippen molar-refractivity contribution in [2.45, 2.75) is 84.2 Å². The molecule has 0 heterocycles. The molecule has 0 aliphatic heterocycles. The second kappa shape index (κ2) is 7.58. The normalized spacial score (nSPS) is 46.9. The summed E-state index contributed by atoms with van der Waals surface area (Å²) >= 11 is 0. The third kappa shape index (κ3) is 3.45. The van der Waals surface area contributed by atoms with Crippen LogP contribution in [0.2, 0.25) is 0 Å². The maximum atomic E-state index is 12.4. The van der Waals surface area contributed by atoms with Crippen LogP contribution in [0, 0.1) is 40.4 Å². The third-order valence-corrected chi connectivity index (χ3v) is 10.6. The number of Topliss-reactive ketones (excluding diaryl/α,β-unsaturated/α-hetero) is 1. The van der Waals surface area contributed by atoms with Gasteiger partial charge in [0.25, 0.3) is 0 Å². The zero-order valence-electron chi connectivity index (χ0n) is 19.6. The van der Waals surface area contributed by atoms with Crippen LogP contribution in [0.4, 0.5) is 0 Å². The highest BCUT2D eigenvalue weighted by Gasteiger charge is 2.61. The highest BCUT2D eigenvalue weighted by molar-refractivity contribution is 5.79. The molecule has 2 heteroatoms. The van der Waals surface area contributed by atoms with Crippen molar-refractivity contribution in [3.63, 3.8) is 0 Å². The number of ketones is 1. The second-order valence-electron chi connectivity index (χ2n) is 12.0. The third-order valence-electron chi connectivity index (χ3n) is 10.6. The van der Waals surface area contributed by atoms with Crippen molar-refractivity contribution < 1.29 is 9.90 Å². The summed E-state index contributed by atoms with van der Waals surface area (Å²) in [4.78, 5) is 12.4. The van der Waals surface area contributed by atoms with Crippen molar-refractivity contribution in [2.24, 2.45) is 40.4 Å². The summed E-state index contributed by atoms with van der Waals surface area (Å²) in [6.07, 6.45) is 14.5. The number of fused-ring (bicyclic) bond motifs is 5. The predicted octanol–water partition coefficient (Wildman–Crippen LogP) is 6.68. The summed E-state index contributed by atoms with van der Waals surface area (Å²) in [6, 6.07) is 10.4. The summed E-state index contributed by atoms with van der Waals surface area (Å²) in [7, 11) is 0. The molecule has 0 spiro atoms. The van der Waals surface area contributed by atoms with Crippen molar-refractivity contribution in [3.8, 4) is 0 Å². The molecular formula is C29H40O2. The SMILES string of the molecule is CC(=O)[C@H]1CC[C@H]2[C@@H]3CCC4CC(O)(C=Cc5ccccc5)CC[C@]4(C)[C@H]3CC[C@]12C. The summed E-state index contributed by atoms with van der Waals surface area (Å²) in [5, 5.41) is 11.4. The van der Waals surface area contributed by atoms with Crippen LogP contribution in [-0.4, -0.2) is 16.5 Å². The van der Waals surface area contributed by atoms with E-state index in [1.165, 1.54) is 37.7 Å². The monoisotopic (exact) mass is 420 g/mol. The molecule has 4 fully saturated rings. The van der Waals surface area contributed by atoms with Gasteiger partial charge < -0.3 is 5.11 Å². The fourth-order valence-corrected chi connectivity index (χ4v) is 8.91. The van der Waals surface area contributed by atoms with E-state index in [0.717, 1.165) is 43.4 Å². The topological polar surface area (TPSA) is 37.3 Å². The molecule has 0 radical (unpaired) electrons. The molecule has 2 nitrogen and oxygen atoms in total. The largest absolute Gasteiger partial charge is 0.386 e. The average Bonchev–Trinajstić information content (AvgIpc) is 3.11. The molecule has 4 aliphatic rings. The van der Waals surface area contributed by atoms with Gasteiger partial charge in [0.05, 0.1) is 5.60 Å². The fourth-order valence-electron chi connectivity index (χ4n) is 8.91. The van der Waals surface area contributed by atoms with E-state index in [4.69, 9.17) is 0 Å². The molecule has 1 aromatic carbocycles. The molecule has 0 amide bonds. The van der Waals surface area contributed by atoms with Crippen LogP contribution in [0.1, 0.15) is 84.1 Å². The van der Waals surface area contributed by atoms with Gasteiger partial charge in [0, 0.05) is 5.92 Å². The molecule has 5 rings (SSSR count). The first kappa shape index (κ1) is 21.4. The number of hydrogen-bond acceptors (Lipinski definition) is 2. The van der Waals surface area contributed by atoms with Crippen LogP contribution in [0.15, 0.2) is 36.4 Å². The van der Waals surface area contributed by atoms with Gasteiger partial charge in [-0.05, 0) is 105 Å². The summed E-state index contributed by atoms with van der Waals surface area (Å²) in [5.41, 5.74) is 1.10. The first-order valence-corrected chi connectivity index (χ1v) is 12.7. The first-order chi connectivity index (χ1) is 14.8. The van der Waals surface area contributed by atoms with Gasteiger partial charge in [-0.1, -0.05) is 56.3 Å². The lowest BCUT2D eigenvalue weighted by Gasteiger charge is -2.61. The number of benzene rings is 1. The number of aliphatic hydroxyl groups is 1. The Morgan fingerprint density at radius 2 is 1.68 bits per heavy atom. The lowest BCUT2D eigenvalue weighted by atomic mass is 9.44. The Hall–Kier alpha value is -1.41. The zero-order valence-corrected chi connectivity index (χ0v) is 19.6. The second-order valence-corrected chi connectivity index (χ2v) is 12.0. The Balaban J connectivity index is 1.34. The van der Waals surface area contributed by atoms with Gasteiger partial charge in [-0.3, -0.25) is 4.79 Å². The van der Waals surface area contributed by atoms with Gasteiger partial charge in [-0.2, -0.15) is 0 Å². The molecule has 0 saturated heterocycles. The Labute approximate surface area is 188 Å². The van der Waals surface area contributed by atoms with Gasteiger partial charge in [-0.15, -0.1) is 0 Å². The molecule has 168 valence electrons. The molecule has 2 unspecified atom stereocenters. The summed E-state index contributed by atoms with van der Waals surface area (Å²) in [5.74, 6) is 3.63. The average molecular weight is 421 g/mol. The molecule has 8 atom stereocenters. The molecule has 4 aliphatic carbocycles. The van der Waals surface area contributed by atoms with Crippen LogP contribution in [0.3, 0.4) is 0 Å². The highest BCUT2D eigenvalue weighted by Crippen LogP contribution is 2.68. The zero-order chi connectivity index (χ0) is 21.9. The van der Waals surface area contributed by atoms with E-state index < -0.39 is 5.60 Å². The van der Waals surface area contributed by atoms with Crippen LogP contribution in [-0.2, 0) is 4.79 Å². The summed E-state index contributed by atoms with van der Waals surface area (Å²) in [6.45, 7) is 6.82. The molecule has 1 aromatic rings. The maximum absolute atomic E-state index is 12.4. The Morgan fingerprint density at radius 1 is 0.935 bits per heavy atom. The Bertz CT molecular complexity index is 859. The molecule has 31 heavy (non-hydrogen) atoms. The number of hydrogen-bond donors (Lipinski definition) is 1. The predicted molar refractivity (Wildman–Crippen MR) is 126 cm³/mol. The van der Waals surface area contributed by atoms with Crippen molar-refractivity contribution in [1.29, 1.82) is 0 Å². The Morgan fingerprint density at radius 3 is 2.42 bits per heavy atom. The van der Waals surface area contributed by atoms with Crippen LogP contribution < -0.4 is 0 Å². The van der Waals surface area contributed by atoms with Gasteiger partial charge in [0.15, 0.2) is 0 Å².